The van der Waals surface area contributed by atoms with Crippen molar-refractivity contribution >= 4 is 45.4 Å². The Bertz CT molecular complexity index is 278. The van der Waals surface area contributed by atoms with Gasteiger partial charge in [-0.3, -0.25) is 0 Å². The van der Waals surface area contributed by atoms with Crippen molar-refractivity contribution in [2.24, 2.45) is 0 Å². The maximum Gasteiger partial charge on any atom is 0.373 e. The molecule has 65 valence electrons. The summed E-state index contributed by atoms with van der Waals surface area (Å²) < 4.78 is 24.9. The molecular weight excluding hydrogens is 195 g/mol. The van der Waals surface area contributed by atoms with Crippen LogP contribution in [0.4, 0.5) is 0 Å². The number of aliphatic hydroxyl groups excluding tert-OH is 1. The largest absolute Gasteiger partial charge is 0.501 e. The molecule has 0 aliphatic heterocycles. The fourth-order valence-electron chi connectivity index (χ4n) is 0.355. The summed E-state index contributed by atoms with van der Waals surface area (Å²) in [5.41, 5.74) is 0. The molecule has 1 radical (unpaired) electrons. The molecule has 5 nitrogen and oxygen atoms in total. The maximum atomic E-state index is 10.4. The van der Waals surface area contributed by atoms with Gasteiger partial charge in [0.1, 0.15) is 0 Å². The quantitative estimate of drug-likeness (QED) is 0.275. The Morgan fingerprint density at radius 2 is 1.92 bits per heavy atom. The average molecular weight is 203 g/mol. The first-order valence-electron chi connectivity index (χ1n) is 2.56. The zero-order chi connectivity index (χ0) is 9.07. The number of sulfone groups is 1. The summed E-state index contributed by atoms with van der Waals surface area (Å²) in [4.78, 5) is 10.4. The summed E-state index contributed by atoms with van der Waals surface area (Å²) >= 11 is 0. The Kier molecular flexibility index (Phi) is 6.73. The van der Waals surface area contributed by atoms with Crippen molar-refractivity contribution in [3.8, 4) is 0 Å². The Labute approximate surface area is 92.6 Å². The van der Waals surface area contributed by atoms with Crippen LogP contribution in [0, 0.1) is 0 Å². The minimum atomic E-state index is -3.49. The Morgan fingerprint density at radius 3 is 2.17 bits per heavy atom. The van der Waals surface area contributed by atoms with Crippen molar-refractivity contribution < 1.29 is 23.1 Å². The van der Waals surface area contributed by atoms with Crippen molar-refractivity contribution in [3.05, 3.63) is 11.2 Å². The number of carbonyl (C=O) groups is 1. The van der Waals surface area contributed by atoms with Gasteiger partial charge in [0.25, 0.3) is 0 Å². The number of carbonyl (C=O) groups excluding carboxylic acids is 1. The predicted octanol–water partition coefficient (Wildman–Crippen LogP) is -0.777. The molecule has 0 saturated heterocycles. The van der Waals surface area contributed by atoms with Crippen molar-refractivity contribution in [1.29, 1.82) is 0 Å². The van der Waals surface area contributed by atoms with E-state index in [0.717, 1.165) is 13.4 Å². The summed E-state index contributed by atoms with van der Waals surface area (Å²) in [7, 11) is -2.45. The molecular formula is C5H8NaO5S. The number of esters is 1. The second-order valence-corrected chi connectivity index (χ2v) is 3.72. The fourth-order valence-corrected chi connectivity index (χ4v) is 0.857. The molecule has 7 heteroatoms. The first-order valence-corrected chi connectivity index (χ1v) is 4.51. The van der Waals surface area contributed by atoms with Gasteiger partial charge in [0, 0.05) is 35.8 Å². The van der Waals surface area contributed by atoms with E-state index < -0.39 is 21.6 Å². The van der Waals surface area contributed by atoms with Crippen LogP contribution in [0.5, 0.6) is 0 Å². The van der Waals surface area contributed by atoms with Gasteiger partial charge in [-0.2, -0.15) is 0 Å². The van der Waals surface area contributed by atoms with Gasteiger partial charge in [-0.25, -0.2) is 13.2 Å². The molecule has 0 aromatic carbocycles. The topological polar surface area (TPSA) is 80.7 Å². The number of rotatable bonds is 2. The van der Waals surface area contributed by atoms with Crippen LogP contribution in [-0.2, 0) is 19.4 Å². The molecule has 0 aromatic rings. The van der Waals surface area contributed by atoms with E-state index in [-0.39, 0.29) is 29.6 Å². The standard InChI is InChI=1S/C5H8O5S.Na/c1-10-5(7)4(6)3-11(2,8)9;/h3,6H,1-2H3;. The van der Waals surface area contributed by atoms with Gasteiger partial charge in [-0.05, 0) is 0 Å². The molecule has 0 heterocycles. The van der Waals surface area contributed by atoms with Crippen molar-refractivity contribution in [2.75, 3.05) is 13.4 Å². The zero-order valence-electron chi connectivity index (χ0n) is 7.07. The van der Waals surface area contributed by atoms with Crippen LogP contribution in [-0.4, -0.2) is 62.4 Å². The number of ether oxygens (including phenoxy) is 1. The number of hydrogen-bond donors (Lipinski definition) is 1. The summed E-state index contributed by atoms with van der Waals surface area (Å²) in [6.07, 6.45) is 0.853. The monoisotopic (exact) mass is 203 g/mol. The molecule has 0 saturated carbocycles. The molecule has 0 atom stereocenters. The predicted molar refractivity (Wildman–Crippen MR) is 43.3 cm³/mol. The summed E-state index contributed by atoms with van der Waals surface area (Å²) in [5.74, 6) is -1.99. The molecule has 0 bridgehead atoms. The van der Waals surface area contributed by atoms with E-state index in [1.165, 1.54) is 0 Å². The third-order valence-corrected chi connectivity index (χ3v) is 1.37. The molecule has 0 aliphatic rings. The third-order valence-electron chi connectivity index (χ3n) is 0.720. The third kappa shape index (κ3) is 6.66. The van der Waals surface area contributed by atoms with Crippen LogP contribution in [0.2, 0.25) is 0 Å². The van der Waals surface area contributed by atoms with Gasteiger partial charge in [-0.15, -0.1) is 0 Å². The molecule has 0 spiro atoms. The fraction of sp³-hybridized carbons (Fsp3) is 0.400. The van der Waals surface area contributed by atoms with Crippen LogP contribution in [0.15, 0.2) is 11.2 Å². The van der Waals surface area contributed by atoms with E-state index in [1.54, 1.807) is 0 Å². The average Bonchev–Trinajstić information content (AvgIpc) is 1.82. The van der Waals surface area contributed by atoms with Crippen molar-refractivity contribution in [2.45, 2.75) is 0 Å². The molecule has 0 aliphatic carbocycles. The van der Waals surface area contributed by atoms with E-state index in [1.807, 2.05) is 0 Å². The molecule has 0 fully saturated rings. The van der Waals surface area contributed by atoms with Crippen molar-refractivity contribution in [3.63, 3.8) is 0 Å². The van der Waals surface area contributed by atoms with E-state index in [4.69, 9.17) is 5.11 Å². The Morgan fingerprint density at radius 1 is 1.50 bits per heavy atom. The first-order chi connectivity index (χ1) is 4.87. The normalized spacial score (nSPS) is 11.7. The Balaban J connectivity index is 0. The summed E-state index contributed by atoms with van der Waals surface area (Å²) in [5, 5.41) is 9.09. The first kappa shape index (κ1) is 14.5. The molecule has 0 amide bonds. The minimum absolute atomic E-state index is 0. The maximum absolute atomic E-state index is 10.4. The van der Waals surface area contributed by atoms with Crippen LogP contribution in [0.25, 0.3) is 0 Å². The van der Waals surface area contributed by atoms with Crippen LogP contribution >= 0.6 is 0 Å². The molecule has 0 aromatic heterocycles. The molecule has 0 rings (SSSR count). The van der Waals surface area contributed by atoms with Crippen LogP contribution in [0.1, 0.15) is 0 Å². The van der Waals surface area contributed by atoms with Gasteiger partial charge in [0.15, 0.2) is 9.84 Å². The second-order valence-electron chi connectivity index (χ2n) is 1.82. The molecule has 1 N–H and O–H groups in total. The van der Waals surface area contributed by atoms with Gasteiger partial charge in [0.05, 0.1) is 12.5 Å². The van der Waals surface area contributed by atoms with Crippen molar-refractivity contribution in [1.82, 2.24) is 0 Å². The second kappa shape index (κ2) is 5.58. The van der Waals surface area contributed by atoms with E-state index in [2.05, 4.69) is 4.74 Å². The van der Waals surface area contributed by atoms with E-state index in [0.29, 0.717) is 5.41 Å². The van der Waals surface area contributed by atoms with Crippen LogP contribution in [0.3, 0.4) is 0 Å². The van der Waals surface area contributed by atoms with Gasteiger partial charge in [0.2, 0.25) is 5.76 Å². The minimum Gasteiger partial charge on any atom is -0.501 e. The summed E-state index contributed by atoms with van der Waals surface area (Å²) in [6.45, 7) is 0. The van der Waals surface area contributed by atoms with E-state index in [9.17, 15) is 13.2 Å². The molecule has 12 heavy (non-hydrogen) atoms. The van der Waals surface area contributed by atoms with Gasteiger partial charge in [-0.1, -0.05) is 0 Å². The van der Waals surface area contributed by atoms with Crippen LogP contribution < -0.4 is 0 Å². The SMILES string of the molecule is COC(=O)C(O)=CS(C)(=O)=O.[Na]. The number of hydrogen-bond acceptors (Lipinski definition) is 5. The van der Waals surface area contributed by atoms with E-state index >= 15 is 0 Å². The Hall–Kier alpha value is -0.0400. The number of methoxy groups -OCH3 is 1. The number of aliphatic hydroxyl groups is 1. The zero-order valence-corrected chi connectivity index (χ0v) is 9.88. The van der Waals surface area contributed by atoms with Gasteiger partial charge >= 0.3 is 5.97 Å². The smallest absolute Gasteiger partial charge is 0.373 e. The summed E-state index contributed by atoms with van der Waals surface area (Å²) in [6, 6.07) is 0. The molecule has 0 unspecified atom stereocenters. The van der Waals surface area contributed by atoms with Gasteiger partial charge < -0.3 is 9.84 Å².